The van der Waals surface area contributed by atoms with Crippen LogP contribution in [-0.4, -0.2) is 17.0 Å². The van der Waals surface area contributed by atoms with E-state index >= 15 is 0 Å². The maximum atomic E-state index is 10.1. The molecule has 0 spiro atoms. The Hall–Kier alpha value is -0.160. The fourth-order valence-corrected chi connectivity index (χ4v) is 2.84. The van der Waals surface area contributed by atoms with Gasteiger partial charge >= 0.3 is 0 Å². The van der Waals surface area contributed by atoms with E-state index in [0.717, 1.165) is 25.7 Å². The third-order valence-corrected chi connectivity index (χ3v) is 4.47. The van der Waals surface area contributed by atoms with E-state index in [-0.39, 0.29) is 11.0 Å². The number of aliphatic hydroxyl groups is 1. The minimum atomic E-state index is -0.786. The van der Waals surface area contributed by atoms with Gasteiger partial charge in [-0.1, -0.05) is 38.3 Å². The molecule has 4 nitrogen and oxygen atoms in total. The second-order valence-electron chi connectivity index (χ2n) is 6.17. The summed E-state index contributed by atoms with van der Waals surface area (Å²) >= 11 is 0. The van der Waals surface area contributed by atoms with Gasteiger partial charge in [0.2, 0.25) is 0 Å². The molecule has 3 unspecified atom stereocenters. The van der Waals surface area contributed by atoms with Crippen molar-refractivity contribution >= 4 is 0 Å². The van der Waals surface area contributed by atoms with Gasteiger partial charge in [-0.3, -0.25) is 4.84 Å². The highest BCUT2D eigenvalue weighted by Gasteiger charge is 2.40. The van der Waals surface area contributed by atoms with E-state index < -0.39 is 6.29 Å². The average molecular weight is 243 g/mol. The van der Waals surface area contributed by atoms with Crippen molar-refractivity contribution in [2.24, 2.45) is 5.41 Å². The van der Waals surface area contributed by atoms with Crippen molar-refractivity contribution in [2.45, 2.75) is 77.1 Å². The molecule has 2 bridgehead atoms. The number of hydrogen-bond donors (Lipinski definition) is 2. The van der Waals surface area contributed by atoms with Gasteiger partial charge in [0, 0.05) is 5.41 Å². The maximum absolute atomic E-state index is 10.1. The molecule has 0 amide bonds. The molecule has 1 saturated carbocycles. The lowest BCUT2D eigenvalue weighted by Crippen LogP contribution is -2.47. The second-order valence-corrected chi connectivity index (χ2v) is 6.17. The molecule has 0 aromatic rings. The van der Waals surface area contributed by atoms with Gasteiger partial charge in [-0.05, 0) is 32.6 Å². The van der Waals surface area contributed by atoms with E-state index in [2.05, 4.69) is 19.5 Å². The first-order valence-corrected chi connectivity index (χ1v) is 6.81. The molecule has 17 heavy (non-hydrogen) atoms. The van der Waals surface area contributed by atoms with Gasteiger partial charge in [0.25, 0.3) is 0 Å². The van der Waals surface area contributed by atoms with Crippen LogP contribution in [0.4, 0.5) is 0 Å². The molecule has 2 N–H and O–H groups in total. The van der Waals surface area contributed by atoms with Crippen LogP contribution >= 0.6 is 0 Å². The molecule has 100 valence electrons. The van der Waals surface area contributed by atoms with Gasteiger partial charge in [0.1, 0.15) is 0 Å². The number of nitrogens with one attached hydrogen (secondary N) is 1. The number of aliphatic hydroxyl groups excluding tert-OH is 1. The molecule has 0 aromatic heterocycles. The minimum absolute atomic E-state index is 0.157. The molecule has 1 saturated heterocycles. The largest absolute Gasteiger partial charge is 0.366 e. The highest BCUT2D eigenvalue weighted by Crippen LogP contribution is 2.40. The lowest BCUT2D eigenvalue weighted by atomic mass is 9.75. The molecular formula is C13H25NO3. The van der Waals surface area contributed by atoms with Crippen molar-refractivity contribution in [1.82, 2.24) is 5.64 Å². The highest BCUT2D eigenvalue weighted by atomic mass is 16.9. The molecule has 3 atom stereocenters. The van der Waals surface area contributed by atoms with E-state index in [1.807, 2.05) is 0 Å². The molecule has 1 heterocycles. The summed E-state index contributed by atoms with van der Waals surface area (Å²) in [7, 11) is 0. The first kappa shape index (κ1) is 13.3. The zero-order valence-electron chi connectivity index (χ0n) is 11.0. The summed E-state index contributed by atoms with van der Waals surface area (Å²) in [6, 6.07) is 0. The summed E-state index contributed by atoms with van der Waals surface area (Å²) in [5.41, 5.74) is 2.17. The first-order valence-electron chi connectivity index (χ1n) is 6.81. The van der Waals surface area contributed by atoms with Crippen LogP contribution in [0.15, 0.2) is 0 Å². The molecule has 4 heteroatoms. The van der Waals surface area contributed by atoms with Crippen molar-refractivity contribution in [3.63, 3.8) is 0 Å². The summed E-state index contributed by atoms with van der Waals surface area (Å²) in [6.45, 7) is 4.25. The predicted octanol–water partition coefficient (Wildman–Crippen LogP) is 2.67. The van der Waals surface area contributed by atoms with Gasteiger partial charge < -0.3 is 5.11 Å². The number of rotatable bonds is 0. The summed E-state index contributed by atoms with van der Waals surface area (Å²) in [5, 5.41) is 10.1. The van der Waals surface area contributed by atoms with Crippen molar-refractivity contribution in [3.8, 4) is 0 Å². The Balaban J connectivity index is 2.14. The third kappa shape index (κ3) is 3.19. The fraction of sp³-hybridized carbons (Fsp3) is 1.00. The second kappa shape index (κ2) is 5.22. The SMILES string of the molecule is CC12CCCCCCC(C)(CC1)C(O)ONO2. The average Bonchev–Trinajstić information content (AvgIpc) is 2.29. The Bertz CT molecular complexity index is 257. The summed E-state index contributed by atoms with van der Waals surface area (Å²) in [4.78, 5) is 10.8. The normalized spacial score (nSPS) is 45.0. The van der Waals surface area contributed by atoms with E-state index in [4.69, 9.17) is 9.68 Å². The zero-order valence-corrected chi connectivity index (χ0v) is 11.0. The van der Waals surface area contributed by atoms with Crippen molar-refractivity contribution in [2.75, 3.05) is 0 Å². The van der Waals surface area contributed by atoms with Gasteiger partial charge in [-0.25, -0.2) is 4.84 Å². The fourth-order valence-electron chi connectivity index (χ4n) is 2.84. The number of fused-ring (bicyclic) bond motifs is 3. The maximum Gasteiger partial charge on any atom is 0.182 e. The summed E-state index contributed by atoms with van der Waals surface area (Å²) in [6.07, 6.45) is 8.08. The molecule has 0 radical (unpaired) electrons. The Kier molecular flexibility index (Phi) is 4.08. The van der Waals surface area contributed by atoms with Crippen LogP contribution in [0.2, 0.25) is 0 Å². The summed E-state index contributed by atoms with van der Waals surface area (Å²) < 4.78 is 0. The lowest BCUT2D eigenvalue weighted by Gasteiger charge is -2.41. The predicted molar refractivity (Wildman–Crippen MR) is 64.8 cm³/mol. The molecule has 0 aromatic carbocycles. The topological polar surface area (TPSA) is 50.7 Å². The number of hydrogen-bond acceptors (Lipinski definition) is 4. The van der Waals surface area contributed by atoms with E-state index in [1.165, 1.54) is 25.7 Å². The molecule has 2 aliphatic rings. The Labute approximate surface area is 104 Å². The van der Waals surface area contributed by atoms with Crippen molar-refractivity contribution in [1.29, 1.82) is 0 Å². The lowest BCUT2D eigenvalue weighted by molar-refractivity contribution is -0.331. The zero-order chi connectivity index (χ0) is 12.4. The van der Waals surface area contributed by atoms with Gasteiger partial charge in [0.05, 0.1) is 5.60 Å². The quantitative estimate of drug-likeness (QED) is 0.687. The minimum Gasteiger partial charge on any atom is -0.366 e. The van der Waals surface area contributed by atoms with E-state index in [1.54, 1.807) is 0 Å². The standard InChI is InChI=1S/C13H25NO3/c1-12-7-5-3-4-6-8-13(2,10-9-12)17-14-16-11(12)15/h11,14-15H,3-10H2,1-2H3. The van der Waals surface area contributed by atoms with Gasteiger partial charge in [-0.2, -0.15) is 0 Å². The van der Waals surface area contributed by atoms with E-state index in [9.17, 15) is 5.11 Å². The molecular weight excluding hydrogens is 218 g/mol. The van der Waals surface area contributed by atoms with Crippen LogP contribution in [0.25, 0.3) is 0 Å². The van der Waals surface area contributed by atoms with Crippen LogP contribution in [-0.2, 0) is 9.68 Å². The van der Waals surface area contributed by atoms with Gasteiger partial charge in [0.15, 0.2) is 6.29 Å². The molecule has 2 rings (SSSR count). The molecule has 2 fully saturated rings. The van der Waals surface area contributed by atoms with Crippen molar-refractivity contribution < 1.29 is 14.8 Å². The van der Waals surface area contributed by atoms with Crippen LogP contribution in [0, 0.1) is 5.41 Å². The third-order valence-electron chi connectivity index (χ3n) is 4.47. The Morgan fingerprint density at radius 2 is 1.71 bits per heavy atom. The molecule has 1 aliphatic heterocycles. The summed E-state index contributed by atoms with van der Waals surface area (Å²) in [5.74, 6) is 0. The van der Waals surface area contributed by atoms with Crippen LogP contribution in [0.5, 0.6) is 0 Å². The Morgan fingerprint density at radius 3 is 2.47 bits per heavy atom. The van der Waals surface area contributed by atoms with Crippen LogP contribution in [0.3, 0.4) is 0 Å². The van der Waals surface area contributed by atoms with Crippen LogP contribution in [0.1, 0.15) is 65.2 Å². The van der Waals surface area contributed by atoms with Crippen molar-refractivity contribution in [3.05, 3.63) is 0 Å². The van der Waals surface area contributed by atoms with E-state index in [0.29, 0.717) is 0 Å². The monoisotopic (exact) mass is 243 g/mol. The van der Waals surface area contributed by atoms with Crippen LogP contribution < -0.4 is 5.64 Å². The Morgan fingerprint density at radius 1 is 1.00 bits per heavy atom. The smallest absolute Gasteiger partial charge is 0.182 e. The van der Waals surface area contributed by atoms with Gasteiger partial charge in [-0.15, -0.1) is 0 Å². The molecule has 1 aliphatic carbocycles. The first-order chi connectivity index (χ1) is 8.04. The highest BCUT2D eigenvalue weighted by molar-refractivity contribution is 4.85.